The van der Waals surface area contributed by atoms with Gasteiger partial charge in [-0.15, -0.1) is 0 Å². The van der Waals surface area contributed by atoms with Crippen molar-refractivity contribution in [2.45, 2.75) is 50.8 Å². The molecule has 1 aliphatic carbocycles. The highest BCUT2D eigenvalue weighted by Crippen LogP contribution is 2.35. The van der Waals surface area contributed by atoms with Gasteiger partial charge in [-0.05, 0) is 29.9 Å². The van der Waals surface area contributed by atoms with Gasteiger partial charge in [0.25, 0.3) is 0 Å². The van der Waals surface area contributed by atoms with Gasteiger partial charge in [-0.2, -0.15) is 0 Å². The topological polar surface area (TPSA) is 32.3 Å². The average molecular weight is 231 g/mol. The Hall–Kier alpha value is -0.860. The van der Waals surface area contributed by atoms with Gasteiger partial charge in [0.2, 0.25) is 0 Å². The Morgan fingerprint density at radius 3 is 2.71 bits per heavy atom. The van der Waals surface area contributed by atoms with Crippen LogP contribution < -0.4 is 5.32 Å². The van der Waals surface area contributed by atoms with E-state index >= 15 is 0 Å². The second-order valence-corrected chi connectivity index (χ2v) is 5.45. The summed E-state index contributed by atoms with van der Waals surface area (Å²) in [6.45, 7) is 0.907. The largest absolute Gasteiger partial charge is 0.391 e. The molecule has 1 aromatic rings. The maximum absolute atomic E-state index is 10.6. The first-order valence-corrected chi connectivity index (χ1v) is 6.85. The Balaban J connectivity index is 1.76. The van der Waals surface area contributed by atoms with Crippen molar-refractivity contribution < 1.29 is 5.11 Å². The molecule has 1 saturated carbocycles. The van der Waals surface area contributed by atoms with Gasteiger partial charge in [0.1, 0.15) is 0 Å². The molecule has 17 heavy (non-hydrogen) atoms. The Morgan fingerprint density at radius 2 is 1.88 bits per heavy atom. The summed E-state index contributed by atoms with van der Waals surface area (Å²) in [7, 11) is 0. The molecular weight excluding hydrogens is 210 g/mol. The number of rotatable bonds is 2. The van der Waals surface area contributed by atoms with E-state index in [-0.39, 0.29) is 12.1 Å². The van der Waals surface area contributed by atoms with Crippen molar-refractivity contribution in [3.8, 4) is 0 Å². The fraction of sp³-hybridized carbons (Fsp3) is 0.600. The maximum atomic E-state index is 10.6. The quantitative estimate of drug-likeness (QED) is 0.820. The monoisotopic (exact) mass is 231 g/mol. The third-order valence-corrected chi connectivity index (χ3v) is 4.38. The van der Waals surface area contributed by atoms with Crippen molar-refractivity contribution in [1.82, 2.24) is 5.32 Å². The van der Waals surface area contributed by atoms with Crippen LogP contribution in [0.4, 0.5) is 0 Å². The van der Waals surface area contributed by atoms with Crippen LogP contribution in [0.2, 0.25) is 0 Å². The molecule has 2 heteroatoms. The van der Waals surface area contributed by atoms with Gasteiger partial charge >= 0.3 is 0 Å². The zero-order valence-corrected chi connectivity index (χ0v) is 10.2. The fourth-order valence-electron chi connectivity index (χ4n) is 3.38. The van der Waals surface area contributed by atoms with Crippen molar-refractivity contribution in [2.75, 3.05) is 0 Å². The smallest absolute Gasteiger partial charge is 0.0763 e. The van der Waals surface area contributed by atoms with Crippen LogP contribution in [0.3, 0.4) is 0 Å². The number of aliphatic hydroxyl groups excluding tert-OH is 1. The molecule has 2 nitrogen and oxygen atoms in total. The zero-order valence-electron chi connectivity index (χ0n) is 10.2. The summed E-state index contributed by atoms with van der Waals surface area (Å²) in [5.74, 6) is 0.493. The van der Waals surface area contributed by atoms with Crippen molar-refractivity contribution in [3.05, 3.63) is 35.4 Å². The van der Waals surface area contributed by atoms with Gasteiger partial charge in [-0.3, -0.25) is 0 Å². The van der Waals surface area contributed by atoms with Gasteiger partial charge in [0.05, 0.1) is 12.1 Å². The predicted octanol–water partition coefficient (Wildman–Crippen LogP) is 2.77. The summed E-state index contributed by atoms with van der Waals surface area (Å²) in [6.07, 6.45) is 6.10. The van der Waals surface area contributed by atoms with Crippen LogP contribution in [-0.4, -0.2) is 11.2 Å². The molecule has 2 aliphatic rings. The minimum absolute atomic E-state index is 0.161. The summed E-state index contributed by atoms with van der Waals surface area (Å²) in [5, 5.41) is 14.0. The van der Waals surface area contributed by atoms with Gasteiger partial charge in [-0.1, -0.05) is 43.5 Å². The standard InChI is InChI=1S/C15H21NO/c17-15(11-6-2-1-3-7-11)14-13-9-5-4-8-12(13)10-16-14/h4-5,8-9,11,14-17H,1-3,6-7,10H2. The first-order chi connectivity index (χ1) is 8.36. The SMILES string of the molecule is OC(C1CCCCC1)C1NCc2ccccc21. The Morgan fingerprint density at radius 1 is 1.12 bits per heavy atom. The van der Waals surface area contributed by atoms with Gasteiger partial charge in [0, 0.05) is 6.54 Å². The molecule has 0 radical (unpaired) electrons. The summed E-state index contributed by atoms with van der Waals surface area (Å²) in [4.78, 5) is 0. The van der Waals surface area contributed by atoms with E-state index in [4.69, 9.17) is 0 Å². The minimum Gasteiger partial charge on any atom is -0.391 e. The van der Waals surface area contributed by atoms with Gasteiger partial charge < -0.3 is 10.4 Å². The molecule has 1 aliphatic heterocycles. The molecule has 3 rings (SSSR count). The maximum Gasteiger partial charge on any atom is 0.0763 e. The number of fused-ring (bicyclic) bond motifs is 1. The molecule has 0 aromatic heterocycles. The highest BCUT2D eigenvalue weighted by molar-refractivity contribution is 5.34. The van der Waals surface area contributed by atoms with E-state index in [1.54, 1.807) is 0 Å². The molecule has 92 valence electrons. The molecule has 2 atom stereocenters. The van der Waals surface area contributed by atoms with E-state index in [1.165, 1.54) is 43.2 Å². The van der Waals surface area contributed by atoms with E-state index in [2.05, 4.69) is 29.6 Å². The average Bonchev–Trinajstić information content (AvgIpc) is 2.83. The second-order valence-electron chi connectivity index (χ2n) is 5.45. The highest BCUT2D eigenvalue weighted by atomic mass is 16.3. The van der Waals surface area contributed by atoms with Crippen LogP contribution in [0.5, 0.6) is 0 Å². The molecular formula is C15H21NO. The van der Waals surface area contributed by atoms with E-state index in [0.717, 1.165) is 6.54 Å². The molecule has 1 aromatic carbocycles. The lowest BCUT2D eigenvalue weighted by Crippen LogP contribution is -2.34. The van der Waals surface area contributed by atoms with Crippen LogP contribution in [0.1, 0.15) is 49.3 Å². The van der Waals surface area contributed by atoms with Crippen LogP contribution in [0.15, 0.2) is 24.3 Å². The van der Waals surface area contributed by atoms with E-state index < -0.39 is 0 Å². The predicted molar refractivity (Wildman–Crippen MR) is 68.6 cm³/mol. The lowest BCUT2D eigenvalue weighted by Gasteiger charge is -2.31. The lowest BCUT2D eigenvalue weighted by molar-refractivity contribution is 0.0528. The van der Waals surface area contributed by atoms with E-state index in [1.807, 2.05) is 0 Å². The number of hydrogen-bond donors (Lipinski definition) is 2. The Kier molecular flexibility index (Phi) is 3.17. The third-order valence-electron chi connectivity index (χ3n) is 4.38. The number of benzene rings is 1. The summed E-state index contributed by atoms with van der Waals surface area (Å²) in [5.41, 5.74) is 2.66. The Labute approximate surface area is 103 Å². The number of aliphatic hydroxyl groups is 1. The van der Waals surface area contributed by atoms with Crippen LogP contribution in [-0.2, 0) is 6.54 Å². The van der Waals surface area contributed by atoms with Crippen molar-refractivity contribution in [1.29, 1.82) is 0 Å². The molecule has 0 amide bonds. The molecule has 2 N–H and O–H groups in total. The summed E-state index contributed by atoms with van der Waals surface area (Å²) < 4.78 is 0. The second kappa shape index (κ2) is 4.79. The van der Waals surface area contributed by atoms with Crippen LogP contribution in [0, 0.1) is 5.92 Å². The fourth-order valence-corrected chi connectivity index (χ4v) is 3.38. The normalized spacial score (nSPS) is 26.8. The number of nitrogens with one attached hydrogen (secondary N) is 1. The van der Waals surface area contributed by atoms with Crippen molar-refractivity contribution in [3.63, 3.8) is 0 Å². The molecule has 1 fully saturated rings. The van der Waals surface area contributed by atoms with Gasteiger partial charge in [0.15, 0.2) is 0 Å². The molecule has 2 unspecified atom stereocenters. The number of hydrogen-bond acceptors (Lipinski definition) is 2. The summed E-state index contributed by atoms with van der Waals surface area (Å²) in [6, 6.07) is 8.64. The molecule has 0 spiro atoms. The van der Waals surface area contributed by atoms with Crippen molar-refractivity contribution in [2.24, 2.45) is 5.92 Å². The van der Waals surface area contributed by atoms with Crippen LogP contribution in [0.25, 0.3) is 0 Å². The minimum atomic E-state index is -0.209. The first kappa shape index (κ1) is 11.2. The van der Waals surface area contributed by atoms with Crippen LogP contribution >= 0.6 is 0 Å². The summed E-state index contributed by atoms with van der Waals surface area (Å²) >= 11 is 0. The lowest BCUT2D eigenvalue weighted by atomic mass is 9.81. The third kappa shape index (κ3) is 2.12. The van der Waals surface area contributed by atoms with Gasteiger partial charge in [-0.25, -0.2) is 0 Å². The zero-order chi connectivity index (χ0) is 11.7. The molecule has 0 bridgehead atoms. The first-order valence-electron chi connectivity index (χ1n) is 6.85. The van der Waals surface area contributed by atoms with E-state index in [9.17, 15) is 5.11 Å². The van der Waals surface area contributed by atoms with E-state index in [0.29, 0.717) is 5.92 Å². The molecule has 1 heterocycles. The molecule has 0 saturated heterocycles. The van der Waals surface area contributed by atoms with Crippen molar-refractivity contribution >= 4 is 0 Å². The highest BCUT2D eigenvalue weighted by Gasteiger charge is 2.33. The Bertz CT molecular complexity index is 384.